The summed E-state index contributed by atoms with van der Waals surface area (Å²) in [5.74, 6) is -0.567. The molecule has 2 heterocycles. The minimum atomic E-state index is -0.502. The first-order valence-corrected chi connectivity index (χ1v) is 17.2. The molecular weight excluding hydrogens is 613 g/mol. The molecule has 5 rings (SSSR count). The number of benzene rings is 1. The van der Waals surface area contributed by atoms with Crippen LogP contribution in [-0.2, 0) is 35.2 Å². The Bertz CT molecular complexity index is 1590. The van der Waals surface area contributed by atoms with Gasteiger partial charge in [-0.3, -0.25) is 15.4 Å². The van der Waals surface area contributed by atoms with Gasteiger partial charge in [0.2, 0.25) is 0 Å². The third-order valence-corrected chi connectivity index (χ3v) is 10.5. The van der Waals surface area contributed by atoms with Crippen LogP contribution in [0.4, 0.5) is 31.0 Å². The van der Waals surface area contributed by atoms with Crippen LogP contribution in [0.1, 0.15) is 92.6 Å². The number of hydrogen-bond donors (Lipinski definition) is 4. The number of ether oxygens (including phenoxy) is 2. The second kappa shape index (κ2) is 15.0. The Morgan fingerprint density at radius 2 is 1.33 bits per heavy atom. The Labute approximate surface area is 271 Å². The number of Topliss-reactive ketones (excluding diaryl/α,β-unsaturated/α-hetero) is 1. The average molecular weight is 653 g/mol. The number of aryl methyl sites for hydroxylation is 3. The molecule has 0 aliphatic heterocycles. The monoisotopic (exact) mass is 652 g/mol. The van der Waals surface area contributed by atoms with E-state index in [4.69, 9.17) is 9.47 Å². The maximum atomic E-state index is 13.2. The summed E-state index contributed by atoms with van der Waals surface area (Å²) in [4.78, 5) is 54.4. The zero-order valence-electron chi connectivity index (χ0n) is 26.0. The molecule has 1 aromatic carbocycles. The third kappa shape index (κ3) is 7.74. The number of ketones is 1. The number of amides is 4. The predicted molar refractivity (Wildman–Crippen MR) is 180 cm³/mol. The fourth-order valence-corrected chi connectivity index (χ4v) is 8.51. The number of nitrogens with one attached hydrogen (secondary N) is 4. The van der Waals surface area contributed by atoms with E-state index in [1.54, 1.807) is 25.1 Å². The normalized spacial score (nSPS) is 14.3. The average Bonchev–Trinajstić information content (AvgIpc) is 3.27. The fraction of sp³-hybridized carbons (Fsp3) is 0.455. The van der Waals surface area contributed by atoms with Crippen molar-refractivity contribution >= 4 is 67.9 Å². The molecule has 2 aromatic heterocycles. The Balaban J connectivity index is 1.29. The summed E-state index contributed by atoms with van der Waals surface area (Å²) in [6.07, 6.45) is 9.70. The molecule has 0 radical (unpaired) electrons. The smallest absolute Gasteiger partial charge is 0.341 e. The summed E-state index contributed by atoms with van der Waals surface area (Å²) in [7, 11) is 1.49. The molecule has 0 fully saturated rings. The number of methoxy groups -OCH3 is 1. The molecule has 0 saturated carbocycles. The molecule has 0 unspecified atom stereocenters. The van der Waals surface area contributed by atoms with E-state index in [2.05, 4.69) is 21.3 Å². The largest absolute Gasteiger partial charge is 0.462 e. The Morgan fingerprint density at radius 3 is 1.96 bits per heavy atom. The van der Waals surface area contributed by atoms with Gasteiger partial charge in [0.05, 0.1) is 17.7 Å². The Kier molecular flexibility index (Phi) is 10.9. The van der Waals surface area contributed by atoms with Crippen molar-refractivity contribution in [1.29, 1.82) is 0 Å². The van der Waals surface area contributed by atoms with Crippen molar-refractivity contribution in [1.82, 2.24) is 0 Å². The van der Waals surface area contributed by atoms with Crippen LogP contribution in [0.25, 0.3) is 0 Å². The quantitative estimate of drug-likeness (QED) is 0.105. The van der Waals surface area contributed by atoms with E-state index in [0.29, 0.717) is 32.5 Å². The van der Waals surface area contributed by atoms with Crippen LogP contribution in [0.5, 0.6) is 0 Å². The summed E-state index contributed by atoms with van der Waals surface area (Å²) >= 11 is 2.89. The third-order valence-electron chi connectivity index (χ3n) is 8.07. The van der Waals surface area contributed by atoms with Gasteiger partial charge in [-0.25, -0.2) is 14.4 Å². The van der Waals surface area contributed by atoms with Crippen molar-refractivity contribution in [3.05, 3.63) is 55.8 Å². The van der Waals surface area contributed by atoms with E-state index in [1.807, 2.05) is 6.92 Å². The van der Waals surface area contributed by atoms with Crippen LogP contribution >= 0.6 is 22.7 Å². The van der Waals surface area contributed by atoms with Gasteiger partial charge in [-0.05, 0) is 94.0 Å². The van der Waals surface area contributed by atoms with Gasteiger partial charge in [-0.2, -0.15) is 0 Å². The van der Waals surface area contributed by atoms with E-state index < -0.39 is 18.0 Å². The van der Waals surface area contributed by atoms with Crippen LogP contribution in [0, 0.1) is 6.92 Å². The van der Waals surface area contributed by atoms with Gasteiger partial charge in [0.1, 0.15) is 16.6 Å². The second-order valence-electron chi connectivity index (χ2n) is 11.3. The maximum Gasteiger partial charge on any atom is 0.341 e. The number of carbonyl (C=O) groups excluding carboxylic acids is 4. The number of urea groups is 2. The van der Waals surface area contributed by atoms with Gasteiger partial charge in [0.15, 0.2) is 5.78 Å². The SMILES string of the molecule is CCOC(=O)c1c(NC(=O)Nc2ccc(C)c(NC(=O)Nc3sc4c(c3C(=O)COC)CCCCC4)c2)sc2c1CCCCC2. The molecule has 0 bridgehead atoms. The van der Waals surface area contributed by atoms with Crippen LogP contribution < -0.4 is 21.3 Å². The first-order valence-electron chi connectivity index (χ1n) is 15.5. The molecule has 0 atom stereocenters. The molecule has 2 aliphatic carbocycles. The van der Waals surface area contributed by atoms with Crippen LogP contribution in [0.2, 0.25) is 0 Å². The van der Waals surface area contributed by atoms with Gasteiger partial charge in [0.25, 0.3) is 0 Å². The van der Waals surface area contributed by atoms with E-state index in [1.165, 1.54) is 29.8 Å². The number of carbonyl (C=O) groups is 4. The van der Waals surface area contributed by atoms with Crippen molar-refractivity contribution < 1.29 is 28.7 Å². The van der Waals surface area contributed by atoms with Gasteiger partial charge in [-0.1, -0.05) is 18.9 Å². The standard InChI is InChI=1S/C33H40N4O6S2/c1-4-43-31(39)28-22-12-8-6-10-14-26(22)45-30(28)37-32(40)34-20-16-15-19(2)23(17-20)35-33(41)36-29-27(24(38)18-42-3)21-11-7-5-9-13-25(21)44-29/h15-17H,4-14,18H2,1-3H3,(H2,34,37,40)(H2,35,36,41). The van der Waals surface area contributed by atoms with E-state index in [0.717, 1.165) is 90.7 Å². The van der Waals surface area contributed by atoms with Crippen LogP contribution in [0.3, 0.4) is 0 Å². The van der Waals surface area contributed by atoms with Gasteiger partial charge in [-0.15, -0.1) is 22.7 Å². The lowest BCUT2D eigenvalue weighted by Gasteiger charge is -2.13. The lowest BCUT2D eigenvalue weighted by Crippen LogP contribution is -2.22. The zero-order valence-corrected chi connectivity index (χ0v) is 27.6. The van der Waals surface area contributed by atoms with E-state index >= 15 is 0 Å². The first kappa shape index (κ1) is 32.6. The first-order chi connectivity index (χ1) is 21.8. The van der Waals surface area contributed by atoms with Crippen molar-refractivity contribution in [2.45, 2.75) is 78.1 Å². The minimum Gasteiger partial charge on any atom is -0.462 e. The number of rotatable bonds is 9. The maximum absolute atomic E-state index is 13.2. The highest BCUT2D eigenvalue weighted by atomic mass is 32.1. The summed E-state index contributed by atoms with van der Waals surface area (Å²) in [6.45, 7) is 3.82. The molecular formula is C33H40N4O6S2. The summed E-state index contributed by atoms with van der Waals surface area (Å²) in [5, 5.41) is 12.5. The number of fused-ring (bicyclic) bond motifs is 2. The van der Waals surface area contributed by atoms with Crippen LogP contribution in [-0.4, -0.2) is 44.1 Å². The highest BCUT2D eigenvalue weighted by Crippen LogP contribution is 2.39. The van der Waals surface area contributed by atoms with Crippen molar-refractivity contribution in [3.8, 4) is 0 Å². The van der Waals surface area contributed by atoms with Crippen molar-refractivity contribution in [3.63, 3.8) is 0 Å². The van der Waals surface area contributed by atoms with E-state index in [9.17, 15) is 19.2 Å². The van der Waals surface area contributed by atoms with Gasteiger partial charge >= 0.3 is 18.0 Å². The Hall–Kier alpha value is -3.74. The second-order valence-corrected chi connectivity index (χ2v) is 13.5. The fourth-order valence-electron chi connectivity index (χ4n) is 5.94. The molecule has 0 saturated heterocycles. The van der Waals surface area contributed by atoms with Gasteiger partial charge < -0.3 is 20.1 Å². The molecule has 4 amide bonds. The molecule has 2 aliphatic rings. The van der Waals surface area contributed by atoms with Gasteiger partial charge in [0, 0.05) is 28.2 Å². The highest BCUT2D eigenvalue weighted by Gasteiger charge is 2.28. The van der Waals surface area contributed by atoms with Crippen LogP contribution in [0.15, 0.2) is 18.2 Å². The molecule has 45 heavy (non-hydrogen) atoms. The summed E-state index contributed by atoms with van der Waals surface area (Å²) < 4.78 is 10.5. The molecule has 4 N–H and O–H groups in total. The minimum absolute atomic E-state index is 0.0518. The summed E-state index contributed by atoms with van der Waals surface area (Å²) in [5.41, 5.74) is 4.76. The number of anilines is 4. The number of thiophene rings is 2. The lowest BCUT2D eigenvalue weighted by molar-refractivity contribution is 0.0526. The molecule has 12 heteroatoms. The molecule has 3 aromatic rings. The number of esters is 1. The molecule has 240 valence electrons. The summed E-state index contributed by atoms with van der Waals surface area (Å²) in [6, 6.07) is 4.22. The topological polar surface area (TPSA) is 135 Å². The molecule has 0 spiro atoms. The van der Waals surface area contributed by atoms with Crippen molar-refractivity contribution in [2.75, 3.05) is 41.6 Å². The zero-order chi connectivity index (χ0) is 31.9. The highest BCUT2D eigenvalue weighted by molar-refractivity contribution is 7.17. The number of hydrogen-bond acceptors (Lipinski definition) is 8. The predicted octanol–water partition coefficient (Wildman–Crippen LogP) is 7.95. The lowest BCUT2D eigenvalue weighted by atomic mass is 10.0. The van der Waals surface area contributed by atoms with E-state index in [-0.39, 0.29) is 19.0 Å². The molecule has 10 nitrogen and oxygen atoms in total. The Morgan fingerprint density at radius 1 is 0.756 bits per heavy atom. The van der Waals surface area contributed by atoms with Crippen molar-refractivity contribution in [2.24, 2.45) is 0 Å².